The Hall–Kier alpha value is -0.810. The van der Waals surface area contributed by atoms with Crippen molar-refractivity contribution in [1.82, 2.24) is 4.98 Å². The van der Waals surface area contributed by atoms with Crippen LogP contribution in [-0.2, 0) is 9.84 Å². The normalized spacial score (nSPS) is 24.2. The smallest absolute Gasteiger partial charge is 0.157 e. The van der Waals surface area contributed by atoms with Crippen molar-refractivity contribution in [2.45, 2.75) is 24.5 Å². The van der Waals surface area contributed by atoms with Gasteiger partial charge in [-0.3, -0.25) is 0 Å². The molecule has 1 aromatic rings. The predicted octanol–water partition coefficient (Wildman–Crippen LogP) is 1.96. The van der Waals surface area contributed by atoms with Gasteiger partial charge < -0.3 is 5.73 Å². The maximum absolute atomic E-state index is 11.9. The van der Waals surface area contributed by atoms with E-state index in [1.807, 2.05) is 0 Å². The van der Waals surface area contributed by atoms with E-state index in [9.17, 15) is 8.42 Å². The Balaban J connectivity index is 2.39. The number of nitrogens with two attached hydrogens (primary N) is 1. The molecule has 0 aromatic carbocycles. The molecule has 2 heterocycles. The van der Waals surface area contributed by atoms with Crippen LogP contribution in [0.25, 0.3) is 0 Å². The Morgan fingerprint density at radius 2 is 2.19 bits per heavy atom. The number of rotatable bonds is 1. The van der Waals surface area contributed by atoms with Crippen LogP contribution in [0.15, 0.2) is 12.3 Å². The average Bonchev–Trinajstić information content (AvgIpc) is 2.22. The van der Waals surface area contributed by atoms with E-state index in [-0.39, 0.29) is 10.9 Å². The number of aromatic nitrogens is 1. The summed E-state index contributed by atoms with van der Waals surface area (Å²) in [5, 5.41) is -0.245. The summed E-state index contributed by atoms with van der Waals surface area (Å²) in [4.78, 5) is 3.90. The molecule has 1 unspecified atom stereocenters. The maximum Gasteiger partial charge on any atom is 0.157 e. The second-order valence-electron chi connectivity index (χ2n) is 4.00. The van der Waals surface area contributed by atoms with Crippen LogP contribution in [0.2, 0.25) is 5.15 Å². The number of sulfone groups is 1. The molecule has 0 amide bonds. The van der Waals surface area contributed by atoms with Gasteiger partial charge in [0.05, 0.1) is 16.7 Å². The molecule has 16 heavy (non-hydrogen) atoms. The van der Waals surface area contributed by atoms with Gasteiger partial charge >= 0.3 is 0 Å². The molecular weight excluding hydrogens is 248 g/mol. The van der Waals surface area contributed by atoms with Gasteiger partial charge in [0.25, 0.3) is 0 Å². The molecule has 0 saturated carbocycles. The fourth-order valence-corrected chi connectivity index (χ4v) is 4.05. The summed E-state index contributed by atoms with van der Waals surface area (Å²) in [6, 6.07) is 1.61. The molecule has 1 fully saturated rings. The molecule has 6 heteroatoms. The first-order valence-corrected chi connectivity index (χ1v) is 7.22. The molecule has 0 spiro atoms. The lowest BCUT2D eigenvalue weighted by molar-refractivity contribution is 0.545. The van der Waals surface area contributed by atoms with Gasteiger partial charge in [-0.15, -0.1) is 0 Å². The van der Waals surface area contributed by atoms with E-state index < -0.39 is 15.1 Å². The molecule has 0 radical (unpaired) electrons. The van der Waals surface area contributed by atoms with Crippen molar-refractivity contribution in [2.24, 2.45) is 0 Å². The molecule has 1 saturated heterocycles. The lowest BCUT2D eigenvalue weighted by atomic mass is 10.1. The van der Waals surface area contributed by atoms with Gasteiger partial charge in [-0.1, -0.05) is 18.0 Å². The fraction of sp³-hybridized carbons (Fsp3) is 0.500. The Morgan fingerprint density at radius 1 is 1.44 bits per heavy atom. The van der Waals surface area contributed by atoms with E-state index >= 15 is 0 Å². The molecule has 88 valence electrons. The Morgan fingerprint density at radius 3 is 2.81 bits per heavy atom. The van der Waals surface area contributed by atoms with Gasteiger partial charge in [-0.05, 0) is 24.5 Å². The molecule has 2 N–H and O–H groups in total. The highest BCUT2D eigenvalue weighted by Crippen LogP contribution is 2.34. The van der Waals surface area contributed by atoms with Crippen molar-refractivity contribution in [2.75, 3.05) is 11.5 Å². The quantitative estimate of drug-likeness (QED) is 0.784. The highest BCUT2D eigenvalue weighted by molar-refractivity contribution is 7.91. The first-order chi connectivity index (χ1) is 7.50. The Labute approximate surface area is 99.7 Å². The van der Waals surface area contributed by atoms with Crippen LogP contribution < -0.4 is 5.73 Å². The number of nitrogens with zero attached hydrogens (tertiary/aromatic N) is 1. The SMILES string of the molecule is Nc1cc(C2CCCCS2(=O)=O)cnc1Cl. The zero-order valence-corrected chi connectivity index (χ0v) is 10.3. The molecular formula is C10H13ClN2O2S. The maximum atomic E-state index is 11.9. The molecule has 0 aliphatic carbocycles. The van der Waals surface area contributed by atoms with Crippen molar-refractivity contribution in [3.63, 3.8) is 0 Å². The molecule has 1 aliphatic rings. The molecule has 4 nitrogen and oxygen atoms in total. The zero-order valence-electron chi connectivity index (χ0n) is 8.69. The average molecular weight is 261 g/mol. The number of hydrogen-bond donors (Lipinski definition) is 1. The first-order valence-electron chi connectivity index (χ1n) is 5.13. The lowest BCUT2D eigenvalue weighted by Crippen LogP contribution is -2.21. The minimum absolute atomic E-state index is 0.219. The van der Waals surface area contributed by atoms with Gasteiger partial charge in [-0.25, -0.2) is 13.4 Å². The molecule has 1 aliphatic heterocycles. The summed E-state index contributed by atoms with van der Waals surface area (Å²) >= 11 is 5.71. The van der Waals surface area contributed by atoms with Crippen LogP contribution in [0.5, 0.6) is 0 Å². The molecule has 0 bridgehead atoms. The third-order valence-corrected chi connectivity index (χ3v) is 5.39. The summed E-state index contributed by atoms with van der Waals surface area (Å²) in [5.74, 6) is 0.250. The summed E-state index contributed by atoms with van der Waals surface area (Å²) in [5.41, 5.74) is 6.61. The molecule has 2 rings (SSSR count). The minimum atomic E-state index is -3.04. The lowest BCUT2D eigenvalue weighted by Gasteiger charge is -2.22. The third kappa shape index (κ3) is 2.15. The summed E-state index contributed by atoms with van der Waals surface area (Å²) in [7, 11) is -3.04. The topological polar surface area (TPSA) is 73.1 Å². The third-order valence-electron chi connectivity index (χ3n) is 2.84. The van der Waals surface area contributed by atoms with Crippen molar-refractivity contribution < 1.29 is 8.42 Å². The van der Waals surface area contributed by atoms with E-state index in [4.69, 9.17) is 17.3 Å². The van der Waals surface area contributed by atoms with Crippen molar-refractivity contribution >= 4 is 27.1 Å². The summed E-state index contributed by atoms with van der Waals surface area (Å²) < 4.78 is 23.8. The van der Waals surface area contributed by atoms with Crippen LogP contribution in [0.4, 0.5) is 5.69 Å². The Bertz CT molecular complexity index is 502. The number of hydrogen-bond acceptors (Lipinski definition) is 4. The van der Waals surface area contributed by atoms with E-state index in [1.54, 1.807) is 6.07 Å². The van der Waals surface area contributed by atoms with Crippen LogP contribution in [0.3, 0.4) is 0 Å². The van der Waals surface area contributed by atoms with E-state index in [0.29, 0.717) is 17.7 Å². The van der Waals surface area contributed by atoms with Crippen molar-refractivity contribution in [3.05, 3.63) is 23.0 Å². The first kappa shape index (κ1) is 11.7. The second-order valence-corrected chi connectivity index (χ2v) is 6.66. The number of nitrogen functional groups attached to an aromatic ring is 1. The minimum Gasteiger partial charge on any atom is -0.396 e. The largest absolute Gasteiger partial charge is 0.396 e. The zero-order chi connectivity index (χ0) is 11.8. The van der Waals surface area contributed by atoms with Gasteiger partial charge in [-0.2, -0.15) is 0 Å². The fourth-order valence-electron chi connectivity index (χ4n) is 1.99. The predicted molar refractivity (Wildman–Crippen MR) is 64.0 cm³/mol. The highest BCUT2D eigenvalue weighted by atomic mass is 35.5. The highest BCUT2D eigenvalue weighted by Gasteiger charge is 2.30. The number of anilines is 1. The van der Waals surface area contributed by atoms with E-state index in [2.05, 4.69) is 4.98 Å². The van der Waals surface area contributed by atoms with Gasteiger partial charge in [0, 0.05) is 6.20 Å². The van der Waals surface area contributed by atoms with Crippen LogP contribution in [0, 0.1) is 0 Å². The van der Waals surface area contributed by atoms with Gasteiger partial charge in [0.15, 0.2) is 15.0 Å². The van der Waals surface area contributed by atoms with E-state index in [1.165, 1.54) is 6.20 Å². The van der Waals surface area contributed by atoms with E-state index in [0.717, 1.165) is 12.8 Å². The summed E-state index contributed by atoms with van der Waals surface area (Å²) in [6.07, 6.45) is 3.82. The van der Waals surface area contributed by atoms with Crippen molar-refractivity contribution in [3.8, 4) is 0 Å². The number of halogens is 1. The van der Waals surface area contributed by atoms with Crippen LogP contribution in [0.1, 0.15) is 30.1 Å². The van der Waals surface area contributed by atoms with Gasteiger partial charge in [0.1, 0.15) is 0 Å². The Kier molecular flexibility index (Phi) is 3.08. The van der Waals surface area contributed by atoms with Crippen LogP contribution in [-0.4, -0.2) is 19.2 Å². The standard InChI is InChI=1S/C10H13ClN2O2S/c11-10-8(12)5-7(6-13-10)9-3-1-2-4-16(9,14)15/h5-6,9H,1-4,12H2. The van der Waals surface area contributed by atoms with Gasteiger partial charge in [0.2, 0.25) is 0 Å². The summed E-state index contributed by atoms with van der Waals surface area (Å²) in [6.45, 7) is 0. The van der Waals surface area contributed by atoms with Crippen molar-refractivity contribution in [1.29, 1.82) is 0 Å². The second kappa shape index (κ2) is 4.22. The molecule has 1 atom stereocenters. The monoisotopic (exact) mass is 260 g/mol. The number of pyridine rings is 1. The van der Waals surface area contributed by atoms with Crippen LogP contribution >= 0.6 is 11.6 Å². The molecule has 1 aromatic heterocycles.